The number of rotatable bonds is 7. The summed E-state index contributed by atoms with van der Waals surface area (Å²) in [6, 6.07) is 0.747. The highest BCUT2D eigenvalue weighted by Gasteiger charge is 2.91. The van der Waals surface area contributed by atoms with Crippen LogP contribution in [0.1, 0.15) is 5.56 Å². The highest BCUT2D eigenvalue weighted by Crippen LogP contribution is 2.62. The number of hydrogen-bond acceptors (Lipinski definition) is 1. The van der Waals surface area contributed by atoms with Crippen molar-refractivity contribution in [2.24, 2.45) is 0 Å². The molecule has 28 heavy (non-hydrogen) atoms. The molecule has 0 aliphatic rings. The molecule has 1 nitrogen and oxygen atoms in total. The van der Waals surface area contributed by atoms with E-state index >= 15 is 0 Å². The topological polar surface area (TPSA) is 26.0 Å². The van der Waals surface area contributed by atoms with Crippen molar-refractivity contribution in [2.45, 2.75) is 42.0 Å². The minimum Gasteiger partial charge on any atom is -0.399 e. The van der Waals surface area contributed by atoms with Crippen LogP contribution in [0.25, 0.3) is 0 Å². The molecule has 1 rings (SSSR count). The summed E-state index contributed by atoms with van der Waals surface area (Å²) in [5, 5.41) is 0. The second kappa shape index (κ2) is 6.54. The summed E-state index contributed by atoms with van der Waals surface area (Å²) in [5.41, 5.74) is 2.51. The number of halogens is 14. The number of nitrogen functional groups attached to an aromatic ring is 1. The van der Waals surface area contributed by atoms with Gasteiger partial charge in [0.2, 0.25) is 0 Å². The van der Waals surface area contributed by atoms with Crippen LogP contribution in [0.4, 0.5) is 67.2 Å². The summed E-state index contributed by atoms with van der Waals surface area (Å²) in [5.74, 6) is -44.8. The zero-order valence-corrected chi connectivity index (χ0v) is 12.8. The zero-order chi connectivity index (χ0) is 22.6. The van der Waals surface area contributed by atoms with Crippen LogP contribution in [0.15, 0.2) is 24.3 Å². The van der Waals surface area contributed by atoms with Gasteiger partial charge in [0.15, 0.2) is 0 Å². The van der Waals surface area contributed by atoms with Gasteiger partial charge >= 0.3 is 42.0 Å². The molecule has 0 spiro atoms. The molecular formula is C13H7F14N. The van der Waals surface area contributed by atoms with E-state index in [1.807, 2.05) is 0 Å². The van der Waals surface area contributed by atoms with Gasteiger partial charge < -0.3 is 5.73 Å². The molecule has 1 aromatic rings. The van der Waals surface area contributed by atoms with Crippen molar-refractivity contribution >= 4 is 5.69 Å². The number of nitrogens with two attached hydrogens (primary N) is 1. The van der Waals surface area contributed by atoms with Gasteiger partial charge in [0, 0.05) is 11.3 Å². The highest BCUT2D eigenvalue weighted by molar-refractivity contribution is 5.41. The highest BCUT2D eigenvalue weighted by atomic mass is 19.4. The van der Waals surface area contributed by atoms with Crippen molar-refractivity contribution < 1.29 is 61.5 Å². The van der Waals surface area contributed by atoms with Crippen LogP contribution in [-0.4, -0.2) is 36.0 Å². The Kier molecular flexibility index (Phi) is 5.62. The maximum atomic E-state index is 13.8. The van der Waals surface area contributed by atoms with Crippen molar-refractivity contribution in [1.29, 1.82) is 0 Å². The summed E-state index contributed by atoms with van der Waals surface area (Å²) >= 11 is 0. The third-order valence-corrected chi connectivity index (χ3v) is 3.54. The number of benzene rings is 1. The van der Waals surface area contributed by atoms with Crippen LogP contribution in [0.2, 0.25) is 0 Å². The Balaban J connectivity index is 3.58. The van der Waals surface area contributed by atoms with Crippen LogP contribution in [0, 0.1) is 0 Å². The van der Waals surface area contributed by atoms with Gasteiger partial charge in [0.25, 0.3) is 0 Å². The van der Waals surface area contributed by atoms with Crippen LogP contribution in [0.5, 0.6) is 0 Å². The lowest BCUT2D eigenvalue weighted by molar-refractivity contribution is -0.434. The number of anilines is 1. The lowest BCUT2D eigenvalue weighted by Crippen LogP contribution is -2.71. The molecule has 0 fully saturated rings. The molecule has 0 saturated heterocycles. The molecule has 0 heterocycles. The molecule has 0 saturated carbocycles. The maximum absolute atomic E-state index is 13.8. The first-order chi connectivity index (χ1) is 12.2. The van der Waals surface area contributed by atoms with E-state index in [9.17, 15) is 61.5 Å². The summed E-state index contributed by atoms with van der Waals surface area (Å²) in [4.78, 5) is 0. The van der Waals surface area contributed by atoms with Crippen molar-refractivity contribution in [1.82, 2.24) is 0 Å². The van der Waals surface area contributed by atoms with Crippen molar-refractivity contribution in [3.63, 3.8) is 0 Å². The summed E-state index contributed by atoms with van der Waals surface area (Å²) < 4.78 is 183. The second-order valence-corrected chi connectivity index (χ2v) is 5.42. The van der Waals surface area contributed by atoms with Gasteiger partial charge in [-0.15, -0.1) is 0 Å². The molecule has 0 unspecified atom stereocenters. The fourth-order valence-electron chi connectivity index (χ4n) is 1.81. The lowest BCUT2D eigenvalue weighted by Gasteiger charge is -2.41. The van der Waals surface area contributed by atoms with E-state index < -0.39 is 47.5 Å². The smallest absolute Gasteiger partial charge is 0.385 e. The van der Waals surface area contributed by atoms with E-state index in [1.54, 1.807) is 0 Å². The van der Waals surface area contributed by atoms with E-state index in [1.165, 1.54) is 0 Å². The molecule has 0 amide bonds. The first kappa shape index (κ1) is 24.1. The SMILES string of the molecule is Nc1ccc(C(F)(F)C(F)(F)C(F)(F)C(F)(F)C(F)(F)C(F)(F)C(F)F)cc1. The van der Waals surface area contributed by atoms with Gasteiger partial charge in [-0.1, -0.05) is 12.1 Å². The number of alkyl halides is 14. The summed E-state index contributed by atoms with van der Waals surface area (Å²) in [7, 11) is 0. The van der Waals surface area contributed by atoms with Crippen LogP contribution >= 0.6 is 0 Å². The van der Waals surface area contributed by atoms with Gasteiger partial charge in [0.05, 0.1) is 0 Å². The third kappa shape index (κ3) is 3.02. The summed E-state index contributed by atoms with van der Waals surface area (Å²) in [6.45, 7) is 0. The van der Waals surface area contributed by atoms with Gasteiger partial charge in [-0.3, -0.25) is 0 Å². The van der Waals surface area contributed by atoms with E-state index in [2.05, 4.69) is 0 Å². The molecule has 1 aromatic carbocycles. The van der Waals surface area contributed by atoms with E-state index in [-0.39, 0.29) is 17.8 Å². The molecule has 0 bridgehead atoms. The molecule has 15 heteroatoms. The minimum absolute atomic E-state index is 0.0522. The Hall–Kier alpha value is -1.96. The van der Waals surface area contributed by atoms with Crippen molar-refractivity contribution in [3.8, 4) is 0 Å². The Labute approximate surface area is 146 Å². The maximum Gasteiger partial charge on any atom is 0.385 e. The van der Waals surface area contributed by atoms with E-state index in [0.29, 0.717) is 12.1 Å². The van der Waals surface area contributed by atoms with Crippen LogP contribution in [-0.2, 0) is 5.92 Å². The molecule has 0 aromatic heterocycles. The Morgan fingerprint density at radius 2 is 0.929 bits per heavy atom. The number of hydrogen-bond donors (Lipinski definition) is 1. The quantitative estimate of drug-likeness (QED) is 0.419. The first-order valence-corrected chi connectivity index (χ1v) is 6.60. The van der Waals surface area contributed by atoms with Gasteiger partial charge in [0.1, 0.15) is 0 Å². The molecule has 162 valence electrons. The van der Waals surface area contributed by atoms with Crippen molar-refractivity contribution in [2.75, 3.05) is 5.73 Å². The lowest BCUT2D eigenvalue weighted by atomic mass is 9.89. The van der Waals surface area contributed by atoms with Crippen LogP contribution < -0.4 is 5.73 Å². The van der Waals surface area contributed by atoms with Gasteiger partial charge in [-0.05, 0) is 12.1 Å². The van der Waals surface area contributed by atoms with Crippen LogP contribution in [0.3, 0.4) is 0 Å². The third-order valence-electron chi connectivity index (χ3n) is 3.54. The molecule has 0 aliphatic carbocycles. The average molecular weight is 443 g/mol. The monoisotopic (exact) mass is 443 g/mol. The van der Waals surface area contributed by atoms with E-state index in [0.717, 1.165) is 0 Å². The Morgan fingerprint density at radius 1 is 0.571 bits per heavy atom. The Morgan fingerprint density at radius 3 is 1.29 bits per heavy atom. The molecule has 2 N–H and O–H groups in total. The van der Waals surface area contributed by atoms with E-state index in [4.69, 9.17) is 5.73 Å². The predicted octanol–water partition coefficient (Wildman–Crippen LogP) is 5.80. The average Bonchev–Trinajstić information content (AvgIpc) is 2.54. The second-order valence-electron chi connectivity index (χ2n) is 5.42. The Bertz CT molecular complexity index is 694. The van der Waals surface area contributed by atoms with Gasteiger partial charge in [-0.25, -0.2) is 8.78 Å². The van der Waals surface area contributed by atoms with Gasteiger partial charge in [-0.2, -0.15) is 52.7 Å². The first-order valence-electron chi connectivity index (χ1n) is 6.60. The predicted molar refractivity (Wildman–Crippen MR) is 65.5 cm³/mol. The molecular weight excluding hydrogens is 436 g/mol. The minimum atomic E-state index is -8.03. The summed E-state index contributed by atoms with van der Waals surface area (Å²) in [6.07, 6.45) is -5.71. The van der Waals surface area contributed by atoms with Crippen molar-refractivity contribution in [3.05, 3.63) is 29.8 Å². The molecule has 0 aliphatic heterocycles. The fraction of sp³-hybridized carbons (Fsp3) is 0.538. The zero-order valence-electron chi connectivity index (χ0n) is 12.8. The normalized spacial score (nSPS) is 15.2. The standard InChI is InChI=1S/C13H7F14N/c14-7(15)9(18,19)11(22,23)13(26,27)12(24,25)10(20,21)8(16,17)5-1-3-6(28)4-2-5/h1-4,7H,28H2. The molecule has 0 radical (unpaired) electrons. The largest absolute Gasteiger partial charge is 0.399 e. The fourth-order valence-corrected chi connectivity index (χ4v) is 1.81. The molecule has 0 atom stereocenters.